The summed E-state index contributed by atoms with van der Waals surface area (Å²) in [6.45, 7) is 0. The third-order valence-electron chi connectivity index (χ3n) is 2.85. The molecule has 1 aromatic carbocycles. The first-order chi connectivity index (χ1) is 8.18. The van der Waals surface area contributed by atoms with E-state index < -0.39 is 10.5 Å². The minimum atomic E-state index is -1.59. The number of hydrogen-bond acceptors (Lipinski definition) is 3. The van der Waals surface area contributed by atoms with Crippen LogP contribution in [0.1, 0.15) is 12.0 Å². The topological polar surface area (TPSA) is 60.2 Å². The fraction of sp³-hybridized carbons (Fsp3) is 0.154. The van der Waals surface area contributed by atoms with E-state index in [1.165, 1.54) is 6.08 Å². The maximum atomic E-state index is 10.8. The predicted molar refractivity (Wildman–Crippen MR) is 64.0 cm³/mol. The lowest BCUT2D eigenvalue weighted by Crippen LogP contribution is -2.38. The van der Waals surface area contributed by atoms with Crippen molar-refractivity contribution in [1.29, 1.82) is 0 Å². The molecule has 0 aliphatic heterocycles. The van der Waals surface area contributed by atoms with Gasteiger partial charge in [0.25, 0.3) is 5.54 Å². The maximum absolute atomic E-state index is 10.8. The summed E-state index contributed by atoms with van der Waals surface area (Å²) in [4.78, 5) is 21.1. The van der Waals surface area contributed by atoms with Crippen LogP contribution in [0.4, 0.5) is 0 Å². The predicted octanol–water partition coefficient (Wildman–Crippen LogP) is 2.24. The summed E-state index contributed by atoms with van der Waals surface area (Å²) in [5.74, 6) is 0. The van der Waals surface area contributed by atoms with E-state index in [4.69, 9.17) is 0 Å². The Hall–Kier alpha value is -2.23. The molecule has 0 fully saturated rings. The van der Waals surface area contributed by atoms with Gasteiger partial charge in [0.2, 0.25) is 6.29 Å². The third-order valence-corrected chi connectivity index (χ3v) is 2.85. The summed E-state index contributed by atoms with van der Waals surface area (Å²) in [6.07, 6.45) is 5.22. The van der Waals surface area contributed by atoms with Gasteiger partial charge in [0.15, 0.2) is 0 Å². The van der Waals surface area contributed by atoms with E-state index in [1.807, 2.05) is 30.3 Å². The first-order valence-electron chi connectivity index (χ1n) is 5.23. The number of benzene rings is 1. The Bertz CT molecular complexity index is 505. The summed E-state index contributed by atoms with van der Waals surface area (Å²) >= 11 is 0. The highest BCUT2D eigenvalue weighted by Gasteiger charge is 2.40. The van der Waals surface area contributed by atoms with Crippen LogP contribution in [0.3, 0.4) is 0 Å². The van der Waals surface area contributed by atoms with Gasteiger partial charge in [0, 0.05) is 17.4 Å². The Morgan fingerprint density at radius 3 is 2.47 bits per heavy atom. The Balaban J connectivity index is 2.28. The second kappa shape index (κ2) is 4.33. The Labute approximate surface area is 98.4 Å². The summed E-state index contributed by atoms with van der Waals surface area (Å²) < 4.78 is 0. The largest absolute Gasteiger partial charge is 0.298 e. The Morgan fingerprint density at radius 2 is 2.00 bits per heavy atom. The average Bonchev–Trinajstić information content (AvgIpc) is 2.39. The van der Waals surface area contributed by atoms with Crippen molar-refractivity contribution in [2.45, 2.75) is 12.0 Å². The molecule has 1 atom stereocenters. The molecule has 0 bridgehead atoms. The lowest BCUT2D eigenvalue weighted by molar-refractivity contribution is -0.534. The molecule has 1 aliphatic rings. The van der Waals surface area contributed by atoms with Gasteiger partial charge >= 0.3 is 0 Å². The second-order valence-electron chi connectivity index (χ2n) is 3.93. The van der Waals surface area contributed by atoms with E-state index in [0.717, 1.165) is 11.1 Å². The van der Waals surface area contributed by atoms with Crippen LogP contribution in [0.15, 0.2) is 48.6 Å². The molecular weight excluding hydrogens is 218 g/mol. The van der Waals surface area contributed by atoms with Crippen LogP contribution in [0.5, 0.6) is 0 Å². The summed E-state index contributed by atoms with van der Waals surface area (Å²) in [6, 6.07) is 9.56. The Morgan fingerprint density at radius 1 is 1.29 bits per heavy atom. The molecule has 0 aromatic heterocycles. The molecule has 0 N–H and O–H groups in total. The molecular formula is C13H11NO3. The van der Waals surface area contributed by atoms with Crippen LogP contribution in [-0.2, 0) is 4.79 Å². The van der Waals surface area contributed by atoms with Crippen LogP contribution in [0, 0.1) is 10.1 Å². The van der Waals surface area contributed by atoms with Crippen molar-refractivity contribution in [3.63, 3.8) is 0 Å². The minimum absolute atomic E-state index is 0.101. The molecule has 17 heavy (non-hydrogen) atoms. The second-order valence-corrected chi connectivity index (χ2v) is 3.93. The van der Waals surface area contributed by atoms with Gasteiger partial charge in [0.1, 0.15) is 0 Å². The number of nitrogens with zero attached hydrogens (tertiary/aromatic N) is 1. The van der Waals surface area contributed by atoms with Gasteiger partial charge in [-0.2, -0.15) is 0 Å². The van der Waals surface area contributed by atoms with Crippen molar-refractivity contribution < 1.29 is 9.72 Å². The number of allylic oxidation sites excluding steroid dienone is 2. The van der Waals surface area contributed by atoms with E-state index in [0.29, 0.717) is 6.29 Å². The highest BCUT2D eigenvalue weighted by molar-refractivity contribution is 5.79. The van der Waals surface area contributed by atoms with Gasteiger partial charge in [-0.3, -0.25) is 14.9 Å². The van der Waals surface area contributed by atoms with Crippen molar-refractivity contribution in [2.75, 3.05) is 0 Å². The van der Waals surface area contributed by atoms with Crippen LogP contribution < -0.4 is 0 Å². The first kappa shape index (κ1) is 11.3. The van der Waals surface area contributed by atoms with Crippen molar-refractivity contribution in [3.8, 4) is 0 Å². The first-order valence-corrected chi connectivity index (χ1v) is 5.23. The molecule has 1 aliphatic carbocycles. The minimum Gasteiger partial charge on any atom is -0.295 e. The molecule has 0 heterocycles. The van der Waals surface area contributed by atoms with Crippen molar-refractivity contribution in [1.82, 2.24) is 0 Å². The molecule has 1 unspecified atom stereocenters. The summed E-state index contributed by atoms with van der Waals surface area (Å²) in [5, 5.41) is 10.8. The van der Waals surface area contributed by atoms with Crippen molar-refractivity contribution >= 4 is 11.9 Å². The van der Waals surface area contributed by atoms with Gasteiger partial charge in [-0.05, 0) is 11.1 Å². The number of rotatable bonds is 3. The fourth-order valence-electron chi connectivity index (χ4n) is 1.75. The van der Waals surface area contributed by atoms with Gasteiger partial charge in [-0.1, -0.05) is 42.5 Å². The number of hydrogen-bond donors (Lipinski definition) is 0. The van der Waals surface area contributed by atoms with E-state index >= 15 is 0 Å². The standard InChI is InChI=1S/C13H11NO3/c15-10-13(14(16)17)8-6-12(7-9-13)11-4-2-1-3-5-11/h1-8,10H,9H2. The van der Waals surface area contributed by atoms with E-state index in [9.17, 15) is 14.9 Å². The number of carbonyl (C=O) groups is 1. The van der Waals surface area contributed by atoms with Gasteiger partial charge in [0.05, 0.1) is 0 Å². The molecule has 1 aromatic rings. The Kier molecular flexibility index (Phi) is 2.87. The lowest BCUT2D eigenvalue weighted by Gasteiger charge is -2.18. The zero-order chi connectivity index (χ0) is 12.3. The van der Waals surface area contributed by atoms with E-state index in [1.54, 1.807) is 12.2 Å². The van der Waals surface area contributed by atoms with Gasteiger partial charge in [-0.15, -0.1) is 0 Å². The number of nitro groups is 1. The normalized spacial score (nSPS) is 22.9. The number of aldehydes is 1. The molecule has 0 saturated carbocycles. The van der Waals surface area contributed by atoms with Crippen molar-refractivity contribution in [3.05, 3.63) is 64.2 Å². The van der Waals surface area contributed by atoms with Crippen LogP contribution in [0.25, 0.3) is 5.57 Å². The SMILES string of the molecule is O=CC1([N+](=O)[O-])C=CC(c2ccccc2)=CC1. The lowest BCUT2D eigenvalue weighted by atomic mass is 9.88. The van der Waals surface area contributed by atoms with Crippen LogP contribution in [-0.4, -0.2) is 16.7 Å². The molecule has 2 rings (SSSR count). The quantitative estimate of drug-likeness (QED) is 0.453. The monoisotopic (exact) mass is 229 g/mol. The molecule has 0 radical (unpaired) electrons. The highest BCUT2D eigenvalue weighted by Crippen LogP contribution is 2.27. The molecule has 86 valence electrons. The van der Waals surface area contributed by atoms with E-state index in [2.05, 4.69) is 0 Å². The molecule has 0 amide bonds. The van der Waals surface area contributed by atoms with Crippen LogP contribution in [0.2, 0.25) is 0 Å². The van der Waals surface area contributed by atoms with Gasteiger partial charge < -0.3 is 0 Å². The maximum Gasteiger partial charge on any atom is 0.298 e. The molecule has 4 nitrogen and oxygen atoms in total. The molecule has 0 spiro atoms. The van der Waals surface area contributed by atoms with Crippen LogP contribution >= 0.6 is 0 Å². The summed E-state index contributed by atoms with van der Waals surface area (Å²) in [7, 11) is 0. The highest BCUT2D eigenvalue weighted by atomic mass is 16.6. The third kappa shape index (κ3) is 2.01. The summed E-state index contributed by atoms with van der Waals surface area (Å²) in [5.41, 5.74) is 0.315. The smallest absolute Gasteiger partial charge is 0.295 e. The van der Waals surface area contributed by atoms with E-state index in [-0.39, 0.29) is 6.42 Å². The van der Waals surface area contributed by atoms with Gasteiger partial charge in [-0.25, -0.2) is 0 Å². The number of carbonyl (C=O) groups excluding carboxylic acids is 1. The molecule has 4 heteroatoms. The van der Waals surface area contributed by atoms with Crippen molar-refractivity contribution in [2.24, 2.45) is 0 Å². The fourth-order valence-corrected chi connectivity index (χ4v) is 1.75. The molecule has 0 saturated heterocycles. The zero-order valence-electron chi connectivity index (χ0n) is 9.08. The zero-order valence-corrected chi connectivity index (χ0v) is 9.08. The average molecular weight is 229 g/mol.